The smallest absolute Gasteiger partial charge is 0.325 e. The van der Waals surface area contributed by atoms with Crippen LogP contribution in [0.3, 0.4) is 0 Å². The van der Waals surface area contributed by atoms with Crippen LogP contribution in [0, 0.1) is 0 Å². The first kappa shape index (κ1) is 21.3. The summed E-state index contributed by atoms with van der Waals surface area (Å²) in [5.41, 5.74) is 0.558. The third kappa shape index (κ3) is 6.59. The van der Waals surface area contributed by atoms with E-state index in [2.05, 4.69) is 10.6 Å². The van der Waals surface area contributed by atoms with E-state index in [1.54, 1.807) is 6.07 Å². The van der Waals surface area contributed by atoms with Crippen LogP contribution in [-0.2, 0) is 14.3 Å². The van der Waals surface area contributed by atoms with Gasteiger partial charge in [-0.15, -0.1) is 0 Å². The molecule has 0 spiro atoms. The molecule has 0 unspecified atom stereocenters. The van der Waals surface area contributed by atoms with Gasteiger partial charge < -0.3 is 15.4 Å². The average Bonchev–Trinajstić information content (AvgIpc) is 2.61. The molecule has 10 heteroatoms. The number of amides is 2. The molecule has 2 N–H and O–H groups in total. The van der Waals surface area contributed by atoms with Gasteiger partial charge in [0.2, 0.25) is 0 Å². The van der Waals surface area contributed by atoms with Crippen molar-refractivity contribution in [1.82, 2.24) is 5.32 Å². The number of rotatable bonds is 6. The standard InChI is InChI=1S/C17H12Cl4N2O4/c18-9-1-3-11(13(20)5-9)17(26)22-7-16(25)27-8-15(24)23-10-2-4-12(19)14(21)6-10/h1-6H,7-8H2,(H,22,26)(H,23,24). The number of halogens is 4. The molecule has 0 fully saturated rings. The van der Waals surface area contributed by atoms with Crippen LogP contribution in [0.4, 0.5) is 5.69 Å². The van der Waals surface area contributed by atoms with Crippen LogP contribution in [0.5, 0.6) is 0 Å². The van der Waals surface area contributed by atoms with Crippen LogP contribution in [-0.4, -0.2) is 30.9 Å². The number of anilines is 1. The van der Waals surface area contributed by atoms with E-state index >= 15 is 0 Å². The van der Waals surface area contributed by atoms with E-state index in [9.17, 15) is 14.4 Å². The van der Waals surface area contributed by atoms with Crippen LogP contribution >= 0.6 is 46.4 Å². The average molecular weight is 450 g/mol. The number of ether oxygens (including phenoxy) is 1. The first-order chi connectivity index (χ1) is 12.8. The van der Waals surface area contributed by atoms with Crippen LogP contribution in [0.25, 0.3) is 0 Å². The number of hydrogen-bond acceptors (Lipinski definition) is 4. The number of carbonyl (C=O) groups is 3. The molecule has 0 radical (unpaired) electrons. The number of esters is 1. The van der Waals surface area contributed by atoms with E-state index in [0.29, 0.717) is 15.7 Å². The Morgan fingerprint density at radius 1 is 0.889 bits per heavy atom. The first-order valence-electron chi connectivity index (χ1n) is 7.40. The SMILES string of the molecule is O=C(COC(=O)CNC(=O)c1ccc(Cl)cc1Cl)Nc1ccc(Cl)c(Cl)c1. The van der Waals surface area contributed by atoms with Gasteiger partial charge in [-0.05, 0) is 36.4 Å². The topological polar surface area (TPSA) is 84.5 Å². The molecule has 0 saturated heterocycles. The zero-order chi connectivity index (χ0) is 20.0. The molecule has 0 heterocycles. The van der Waals surface area contributed by atoms with E-state index in [1.807, 2.05) is 0 Å². The van der Waals surface area contributed by atoms with Crippen molar-refractivity contribution in [2.45, 2.75) is 0 Å². The maximum absolute atomic E-state index is 12.0. The van der Waals surface area contributed by atoms with Crippen molar-refractivity contribution >= 4 is 69.9 Å². The van der Waals surface area contributed by atoms with Gasteiger partial charge in [0.05, 0.1) is 20.6 Å². The van der Waals surface area contributed by atoms with E-state index in [0.717, 1.165) is 0 Å². The Kier molecular flexibility index (Phi) is 7.74. The fourth-order valence-electron chi connectivity index (χ4n) is 1.89. The lowest BCUT2D eigenvalue weighted by Crippen LogP contribution is -2.32. The lowest BCUT2D eigenvalue weighted by atomic mass is 10.2. The van der Waals surface area contributed by atoms with Crippen molar-refractivity contribution < 1.29 is 19.1 Å². The highest BCUT2D eigenvalue weighted by Gasteiger charge is 2.14. The maximum atomic E-state index is 12.0. The molecule has 0 aliphatic carbocycles. The van der Waals surface area contributed by atoms with Gasteiger partial charge in [0, 0.05) is 10.7 Å². The largest absolute Gasteiger partial charge is 0.454 e. The predicted octanol–water partition coefficient (Wildman–Crippen LogP) is 4.21. The van der Waals surface area contributed by atoms with Gasteiger partial charge in [-0.1, -0.05) is 46.4 Å². The third-order valence-electron chi connectivity index (χ3n) is 3.14. The molecule has 0 atom stereocenters. The summed E-state index contributed by atoms with van der Waals surface area (Å²) < 4.78 is 4.79. The van der Waals surface area contributed by atoms with Crippen molar-refractivity contribution in [3.05, 3.63) is 62.1 Å². The first-order valence-corrected chi connectivity index (χ1v) is 8.91. The highest BCUT2D eigenvalue weighted by Crippen LogP contribution is 2.25. The zero-order valence-corrected chi connectivity index (χ0v) is 16.5. The second kappa shape index (κ2) is 9.80. The Bertz CT molecular complexity index is 889. The van der Waals surface area contributed by atoms with Gasteiger partial charge in [0.25, 0.3) is 11.8 Å². The van der Waals surface area contributed by atoms with E-state index < -0.39 is 30.9 Å². The van der Waals surface area contributed by atoms with E-state index in [-0.39, 0.29) is 15.6 Å². The fourth-order valence-corrected chi connectivity index (χ4v) is 2.68. The quantitative estimate of drug-likeness (QED) is 0.647. The summed E-state index contributed by atoms with van der Waals surface area (Å²) >= 11 is 23.3. The lowest BCUT2D eigenvalue weighted by Gasteiger charge is -2.09. The third-order valence-corrected chi connectivity index (χ3v) is 4.42. The summed E-state index contributed by atoms with van der Waals surface area (Å²) in [7, 11) is 0. The van der Waals surface area contributed by atoms with Gasteiger partial charge >= 0.3 is 5.97 Å². The minimum atomic E-state index is -0.794. The summed E-state index contributed by atoms with van der Waals surface area (Å²) in [5.74, 6) is -1.94. The van der Waals surface area contributed by atoms with Crippen molar-refractivity contribution in [1.29, 1.82) is 0 Å². The summed E-state index contributed by atoms with van der Waals surface area (Å²) in [6.45, 7) is -0.964. The Hall–Kier alpha value is -1.99. The Balaban J connectivity index is 1.77. The number of benzene rings is 2. The van der Waals surface area contributed by atoms with E-state index in [1.165, 1.54) is 30.3 Å². The normalized spacial score (nSPS) is 10.2. The molecule has 0 aromatic heterocycles. The van der Waals surface area contributed by atoms with Crippen LogP contribution in [0.15, 0.2) is 36.4 Å². The lowest BCUT2D eigenvalue weighted by molar-refractivity contribution is -0.146. The molecule has 27 heavy (non-hydrogen) atoms. The maximum Gasteiger partial charge on any atom is 0.325 e. The van der Waals surface area contributed by atoms with Gasteiger partial charge in [0.15, 0.2) is 6.61 Å². The molecule has 2 aromatic rings. The highest BCUT2D eigenvalue weighted by molar-refractivity contribution is 6.42. The molecular formula is C17H12Cl4N2O4. The predicted molar refractivity (Wildman–Crippen MR) is 105 cm³/mol. The van der Waals surface area contributed by atoms with Crippen molar-refractivity contribution in [2.24, 2.45) is 0 Å². The monoisotopic (exact) mass is 448 g/mol. The van der Waals surface area contributed by atoms with Crippen molar-refractivity contribution in [3.8, 4) is 0 Å². The number of nitrogens with one attached hydrogen (secondary N) is 2. The second-order valence-electron chi connectivity index (χ2n) is 5.14. The number of carbonyl (C=O) groups excluding carboxylic acids is 3. The molecular weight excluding hydrogens is 438 g/mol. The Morgan fingerprint density at radius 3 is 2.30 bits per heavy atom. The molecule has 0 saturated carbocycles. The van der Waals surface area contributed by atoms with Crippen LogP contribution in [0.2, 0.25) is 20.1 Å². The van der Waals surface area contributed by atoms with Crippen molar-refractivity contribution in [2.75, 3.05) is 18.5 Å². The number of hydrogen-bond donors (Lipinski definition) is 2. The summed E-state index contributed by atoms with van der Waals surface area (Å²) in [6.07, 6.45) is 0. The van der Waals surface area contributed by atoms with E-state index in [4.69, 9.17) is 51.1 Å². The van der Waals surface area contributed by atoms with Gasteiger partial charge in [-0.2, -0.15) is 0 Å². The summed E-state index contributed by atoms with van der Waals surface area (Å²) in [4.78, 5) is 35.4. The molecule has 2 aromatic carbocycles. The van der Waals surface area contributed by atoms with Crippen molar-refractivity contribution in [3.63, 3.8) is 0 Å². The molecule has 0 aliphatic heterocycles. The second-order valence-corrected chi connectivity index (χ2v) is 6.80. The molecule has 0 aliphatic rings. The minimum absolute atomic E-state index is 0.148. The summed E-state index contributed by atoms with van der Waals surface area (Å²) in [5, 5.41) is 5.98. The van der Waals surface area contributed by atoms with Gasteiger partial charge in [-0.3, -0.25) is 14.4 Å². The Morgan fingerprint density at radius 2 is 1.63 bits per heavy atom. The molecule has 0 bridgehead atoms. The minimum Gasteiger partial charge on any atom is -0.454 e. The molecule has 2 amide bonds. The zero-order valence-electron chi connectivity index (χ0n) is 13.5. The molecule has 6 nitrogen and oxygen atoms in total. The fraction of sp³-hybridized carbons (Fsp3) is 0.118. The summed E-state index contributed by atoms with van der Waals surface area (Å²) in [6, 6.07) is 8.85. The molecule has 2 rings (SSSR count). The van der Waals surface area contributed by atoms with Crippen LogP contribution < -0.4 is 10.6 Å². The molecule has 142 valence electrons. The Labute approximate surface area is 174 Å². The van der Waals surface area contributed by atoms with Crippen LogP contribution in [0.1, 0.15) is 10.4 Å². The highest BCUT2D eigenvalue weighted by atomic mass is 35.5. The van der Waals surface area contributed by atoms with Gasteiger partial charge in [0.1, 0.15) is 6.54 Å². The van der Waals surface area contributed by atoms with Gasteiger partial charge in [-0.25, -0.2) is 0 Å².